The van der Waals surface area contributed by atoms with Gasteiger partial charge >= 0.3 is 0 Å². The monoisotopic (exact) mass is 173 g/mol. The van der Waals surface area contributed by atoms with Crippen molar-refractivity contribution in [2.24, 2.45) is 0 Å². The summed E-state index contributed by atoms with van der Waals surface area (Å²) < 4.78 is 0. The van der Waals surface area contributed by atoms with E-state index in [1.165, 1.54) is 0 Å². The van der Waals surface area contributed by atoms with Crippen LogP contribution in [0.4, 0.5) is 0 Å². The van der Waals surface area contributed by atoms with Gasteiger partial charge in [0.2, 0.25) is 0 Å². The van der Waals surface area contributed by atoms with E-state index in [4.69, 9.17) is 5.26 Å². The Bertz CT molecular complexity index is 291. The van der Waals surface area contributed by atoms with Gasteiger partial charge in [-0.05, 0) is 18.6 Å². The van der Waals surface area contributed by atoms with E-state index in [0.29, 0.717) is 0 Å². The molecule has 0 bridgehead atoms. The third kappa shape index (κ3) is 4.81. The maximum absolute atomic E-state index is 8.48. The van der Waals surface area contributed by atoms with Crippen molar-refractivity contribution < 1.29 is 0 Å². The van der Waals surface area contributed by atoms with Gasteiger partial charge in [0.15, 0.2) is 0 Å². The van der Waals surface area contributed by atoms with Crippen LogP contribution in [-0.4, -0.2) is 0 Å². The summed E-state index contributed by atoms with van der Waals surface area (Å²) in [4.78, 5) is 0. The van der Waals surface area contributed by atoms with Gasteiger partial charge in [-0.25, -0.2) is 0 Å². The van der Waals surface area contributed by atoms with Crippen molar-refractivity contribution >= 4 is 6.08 Å². The molecule has 0 aliphatic carbocycles. The van der Waals surface area contributed by atoms with Gasteiger partial charge in [0.1, 0.15) is 0 Å². The van der Waals surface area contributed by atoms with Gasteiger partial charge < -0.3 is 0 Å². The highest BCUT2D eigenvalue weighted by molar-refractivity contribution is 5.55. The summed E-state index contributed by atoms with van der Waals surface area (Å²) in [6, 6.07) is 11.9. The second-order valence-electron chi connectivity index (χ2n) is 2.35. The van der Waals surface area contributed by atoms with Gasteiger partial charge in [-0.2, -0.15) is 5.26 Å². The first-order chi connectivity index (χ1) is 6.33. The van der Waals surface area contributed by atoms with E-state index in [1.807, 2.05) is 50.3 Å². The summed E-state index contributed by atoms with van der Waals surface area (Å²) in [7, 11) is 0. The number of hydrogen-bond donors (Lipinski definition) is 0. The highest BCUT2D eigenvalue weighted by Crippen LogP contribution is 2.04. The first-order valence-electron chi connectivity index (χ1n) is 4.46. The van der Waals surface area contributed by atoms with Gasteiger partial charge in [0.05, 0.1) is 6.07 Å². The lowest BCUT2D eigenvalue weighted by atomic mass is 10.1. The summed E-state index contributed by atoms with van der Waals surface area (Å²) in [6.07, 6.45) is 1.86. The summed E-state index contributed by atoms with van der Waals surface area (Å²) in [6.45, 7) is 5.80. The molecule has 0 radical (unpaired) electrons. The zero-order valence-electron chi connectivity index (χ0n) is 8.41. The Balaban J connectivity index is 0.000000671. The van der Waals surface area contributed by atoms with E-state index >= 15 is 0 Å². The third-order valence-corrected chi connectivity index (χ3v) is 1.36. The second kappa shape index (κ2) is 7.12. The second-order valence-corrected chi connectivity index (χ2v) is 2.35. The third-order valence-electron chi connectivity index (χ3n) is 1.36. The van der Waals surface area contributed by atoms with Crippen molar-refractivity contribution in [1.82, 2.24) is 0 Å². The predicted octanol–water partition coefficient (Wildman–Crippen LogP) is 3.64. The summed E-state index contributed by atoms with van der Waals surface area (Å²) in [5.41, 5.74) is 1.81. The minimum absolute atomic E-state index is 0.733. The zero-order chi connectivity index (χ0) is 10.1. The first kappa shape index (κ1) is 11.4. The first-order valence-corrected chi connectivity index (χ1v) is 4.46. The number of benzene rings is 1. The Kier molecular flexibility index (Phi) is 6.27. The normalized spacial score (nSPS) is 9.54. The minimum Gasteiger partial charge on any atom is -0.193 e. The molecule has 0 saturated heterocycles. The van der Waals surface area contributed by atoms with E-state index < -0.39 is 0 Å². The predicted molar refractivity (Wildman–Crippen MR) is 57.1 cm³/mol. The molecule has 0 amide bonds. The Hall–Kier alpha value is -1.55. The number of nitrogens with zero attached hydrogens (tertiary/aromatic N) is 1. The molecule has 0 atom stereocenters. The lowest BCUT2D eigenvalue weighted by Crippen LogP contribution is -1.71. The number of allylic oxidation sites excluding steroid dienone is 1. The van der Waals surface area contributed by atoms with Crippen molar-refractivity contribution in [2.75, 3.05) is 0 Å². The molecule has 0 aromatic heterocycles. The molecule has 1 aromatic carbocycles. The molecule has 13 heavy (non-hydrogen) atoms. The lowest BCUT2D eigenvalue weighted by molar-refractivity contribution is 1.46. The van der Waals surface area contributed by atoms with Crippen molar-refractivity contribution in [2.45, 2.75) is 20.8 Å². The van der Waals surface area contributed by atoms with Crippen LogP contribution in [0.5, 0.6) is 0 Å². The molecule has 1 heteroatoms. The van der Waals surface area contributed by atoms with Crippen LogP contribution in [0.25, 0.3) is 6.08 Å². The fourth-order valence-electron chi connectivity index (χ4n) is 0.832. The molecular weight excluding hydrogens is 158 g/mol. The Morgan fingerprint density at radius 3 is 2.23 bits per heavy atom. The quantitative estimate of drug-likeness (QED) is 0.595. The van der Waals surface area contributed by atoms with Crippen LogP contribution >= 0.6 is 0 Å². The van der Waals surface area contributed by atoms with Crippen LogP contribution < -0.4 is 0 Å². The number of hydrogen-bond acceptors (Lipinski definition) is 1. The van der Waals surface area contributed by atoms with Gasteiger partial charge in [0, 0.05) is 5.57 Å². The Morgan fingerprint density at radius 1 is 1.23 bits per heavy atom. The Morgan fingerprint density at radius 2 is 1.77 bits per heavy atom. The summed E-state index contributed by atoms with van der Waals surface area (Å²) >= 11 is 0. The molecule has 1 aromatic rings. The van der Waals surface area contributed by atoms with Crippen molar-refractivity contribution in [3.05, 3.63) is 41.5 Å². The summed E-state index contributed by atoms with van der Waals surface area (Å²) in [5.74, 6) is 0. The fraction of sp³-hybridized carbons (Fsp3) is 0.250. The average Bonchev–Trinajstić information content (AvgIpc) is 2.22. The van der Waals surface area contributed by atoms with Gasteiger partial charge in [0.25, 0.3) is 0 Å². The minimum atomic E-state index is 0.733. The van der Waals surface area contributed by atoms with E-state index in [9.17, 15) is 0 Å². The van der Waals surface area contributed by atoms with E-state index in [-0.39, 0.29) is 0 Å². The molecule has 0 unspecified atom stereocenters. The van der Waals surface area contributed by atoms with Crippen molar-refractivity contribution in [3.8, 4) is 6.07 Å². The average molecular weight is 173 g/mol. The van der Waals surface area contributed by atoms with Crippen LogP contribution in [0.2, 0.25) is 0 Å². The molecule has 1 nitrogen and oxygen atoms in total. The molecule has 0 N–H and O–H groups in total. The summed E-state index contributed by atoms with van der Waals surface area (Å²) in [5, 5.41) is 8.48. The van der Waals surface area contributed by atoms with Gasteiger partial charge in [-0.15, -0.1) is 0 Å². The van der Waals surface area contributed by atoms with Crippen LogP contribution in [0, 0.1) is 11.3 Å². The maximum atomic E-state index is 8.48. The van der Waals surface area contributed by atoms with E-state index in [2.05, 4.69) is 6.07 Å². The van der Waals surface area contributed by atoms with Gasteiger partial charge in [-0.3, -0.25) is 0 Å². The number of nitriles is 1. The largest absolute Gasteiger partial charge is 0.193 e. The molecule has 0 heterocycles. The molecule has 0 spiro atoms. The van der Waals surface area contributed by atoms with Crippen LogP contribution in [-0.2, 0) is 0 Å². The Labute approximate surface area is 80.3 Å². The topological polar surface area (TPSA) is 23.8 Å². The smallest absolute Gasteiger partial charge is 0.0944 e. The van der Waals surface area contributed by atoms with Crippen molar-refractivity contribution in [3.63, 3.8) is 0 Å². The zero-order valence-corrected chi connectivity index (χ0v) is 8.41. The maximum Gasteiger partial charge on any atom is 0.0944 e. The molecule has 0 aliphatic heterocycles. The molecular formula is C12H15N. The highest BCUT2D eigenvalue weighted by Gasteiger charge is 1.85. The molecule has 0 aliphatic rings. The number of rotatable bonds is 1. The van der Waals surface area contributed by atoms with Crippen LogP contribution in [0.3, 0.4) is 0 Å². The molecule has 0 fully saturated rings. The van der Waals surface area contributed by atoms with Crippen LogP contribution in [0.1, 0.15) is 26.3 Å². The molecule has 1 rings (SSSR count). The highest BCUT2D eigenvalue weighted by atomic mass is 14.2. The SMILES string of the molecule is CC.CC(C#N)=Cc1ccccc1. The van der Waals surface area contributed by atoms with E-state index in [0.717, 1.165) is 11.1 Å². The standard InChI is InChI=1S/C10H9N.C2H6/c1-9(8-11)7-10-5-3-2-4-6-10;1-2/h2-7H,1H3;1-2H3. The van der Waals surface area contributed by atoms with E-state index in [1.54, 1.807) is 6.92 Å². The van der Waals surface area contributed by atoms with Crippen molar-refractivity contribution in [1.29, 1.82) is 5.26 Å². The molecule has 0 saturated carbocycles. The molecule has 68 valence electrons. The lowest BCUT2D eigenvalue weighted by Gasteiger charge is -1.90. The van der Waals surface area contributed by atoms with Gasteiger partial charge in [-0.1, -0.05) is 44.2 Å². The van der Waals surface area contributed by atoms with Crippen LogP contribution in [0.15, 0.2) is 35.9 Å². The fourth-order valence-corrected chi connectivity index (χ4v) is 0.832.